The minimum Gasteiger partial charge on any atom is -0.341 e. The molecule has 0 aromatic carbocycles. The summed E-state index contributed by atoms with van der Waals surface area (Å²) in [6.45, 7) is 1.39. The third-order valence-corrected chi connectivity index (χ3v) is 2.96. The van der Waals surface area contributed by atoms with Gasteiger partial charge in [-0.2, -0.15) is 4.21 Å². The number of nitrogens with zero attached hydrogens (tertiary/aromatic N) is 1. The number of likely N-dealkylation sites (tertiary alicyclic amines) is 1. The van der Waals surface area contributed by atoms with Gasteiger partial charge in [-0.05, 0) is 12.8 Å². The number of hydrogen-bond acceptors (Lipinski definition) is 4. The monoisotopic (exact) mass is 235 g/mol. The van der Waals surface area contributed by atoms with Crippen LogP contribution in [0.4, 0.5) is 0 Å². The van der Waals surface area contributed by atoms with Gasteiger partial charge in [0.05, 0.1) is 7.11 Å². The van der Waals surface area contributed by atoms with Gasteiger partial charge in [-0.25, -0.2) is 0 Å². The molecule has 0 aliphatic carbocycles. The minimum atomic E-state index is -1.80. The number of carbonyl (C=O) groups is 1. The molecule has 88 valence electrons. The molecule has 0 spiro atoms. The Morgan fingerprint density at radius 3 is 2.40 bits per heavy atom. The largest absolute Gasteiger partial charge is 0.341 e. The Labute approximate surface area is 92.6 Å². The summed E-state index contributed by atoms with van der Waals surface area (Å²) in [4.78, 5) is 13.3. The topological polar surface area (TPSA) is 55.8 Å². The molecule has 0 bridgehead atoms. The van der Waals surface area contributed by atoms with Gasteiger partial charge in [0.15, 0.2) is 0 Å². The summed E-state index contributed by atoms with van der Waals surface area (Å²) >= 11 is -1.80. The summed E-state index contributed by atoms with van der Waals surface area (Å²) < 4.78 is 19.9. The van der Waals surface area contributed by atoms with Gasteiger partial charge >= 0.3 is 11.4 Å². The molecule has 0 aromatic heterocycles. The third kappa shape index (κ3) is 4.72. The first-order valence-electron chi connectivity index (χ1n) is 5.11. The summed E-state index contributed by atoms with van der Waals surface area (Å²) in [5.41, 5.74) is 0. The van der Waals surface area contributed by atoms with Crippen LogP contribution in [0.3, 0.4) is 0 Å². The van der Waals surface area contributed by atoms with Crippen LogP contribution in [0.25, 0.3) is 0 Å². The second kappa shape index (κ2) is 6.92. The van der Waals surface area contributed by atoms with Crippen molar-refractivity contribution in [2.24, 2.45) is 0 Å². The van der Waals surface area contributed by atoms with Crippen molar-refractivity contribution in [3.8, 4) is 0 Å². The van der Waals surface area contributed by atoms with Crippen molar-refractivity contribution in [3.63, 3.8) is 0 Å². The Morgan fingerprint density at radius 1 is 1.27 bits per heavy atom. The normalized spacial score (nSPS) is 19.7. The van der Waals surface area contributed by atoms with Crippen LogP contribution in [0.1, 0.15) is 25.7 Å². The maximum absolute atomic E-state index is 11.6. The fourth-order valence-corrected chi connectivity index (χ4v) is 1.85. The third-order valence-electron chi connectivity index (χ3n) is 2.37. The van der Waals surface area contributed by atoms with Gasteiger partial charge in [0.25, 0.3) is 0 Å². The molecule has 1 aliphatic rings. The summed E-state index contributed by atoms with van der Waals surface area (Å²) in [5, 5.41) is 0. The molecule has 0 aromatic rings. The van der Waals surface area contributed by atoms with Gasteiger partial charge in [0.1, 0.15) is 6.61 Å². The average molecular weight is 235 g/mol. The van der Waals surface area contributed by atoms with Gasteiger partial charge in [0, 0.05) is 13.1 Å². The highest BCUT2D eigenvalue weighted by molar-refractivity contribution is 7.75. The van der Waals surface area contributed by atoms with E-state index in [2.05, 4.69) is 4.18 Å². The predicted molar refractivity (Wildman–Crippen MR) is 56.2 cm³/mol. The Kier molecular flexibility index (Phi) is 5.82. The Hall–Kier alpha value is -0.460. The van der Waals surface area contributed by atoms with Crippen molar-refractivity contribution in [1.82, 2.24) is 4.90 Å². The van der Waals surface area contributed by atoms with Crippen LogP contribution in [0.5, 0.6) is 0 Å². The van der Waals surface area contributed by atoms with Crippen molar-refractivity contribution in [3.05, 3.63) is 0 Å². The van der Waals surface area contributed by atoms with E-state index in [-0.39, 0.29) is 12.5 Å². The molecule has 1 atom stereocenters. The predicted octanol–water partition coefficient (Wildman–Crippen LogP) is 0.631. The lowest BCUT2D eigenvalue weighted by Gasteiger charge is -2.19. The molecule has 1 heterocycles. The van der Waals surface area contributed by atoms with E-state index in [1.165, 1.54) is 20.0 Å². The summed E-state index contributed by atoms with van der Waals surface area (Å²) in [5.74, 6) is -0.109. The van der Waals surface area contributed by atoms with Crippen LogP contribution in [0, 0.1) is 0 Å². The van der Waals surface area contributed by atoms with E-state index >= 15 is 0 Å². The summed E-state index contributed by atoms with van der Waals surface area (Å²) in [7, 11) is 1.27. The zero-order valence-corrected chi connectivity index (χ0v) is 9.75. The fraction of sp³-hybridized carbons (Fsp3) is 0.889. The van der Waals surface area contributed by atoms with Crippen LogP contribution in [0.2, 0.25) is 0 Å². The van der Waals surface area contributed by atoms with E-state index < -0.39 is 11.4 Å². The molecule has 0 saturated carbocycles. The molecule has 1 unspecified atom stereocenters. The lowest BCUT2D eigenvalue weighted by molar-refractivity contribution is -0.133. The number of amides is 1. The molecule has 5 nitrogen and oxygen atoms in total. The molecule has 1 rings (SSSR count). The molecule has 1 amide bonds. The van der Waals surface area contributed by atoms with Crippen molar-refractivity contribution in [2.45, 2.75) is 25.7 Å². The van der Waals surface area contributed by atoms with Crippen LogP contribution >= 0.6 is 0 Å². The van der Waals surface area contributed by atoms with Crippen molar-refractivity contribution in [2.75, 3.05) is 26.8 Å². The van der Waals surface area contributed by atoms with Crippen LogP contribution in [-0.2, 0) is 24.5 Å². The first-order valence-corrected chi connectivity index (χ1v) is 6.11. The zero-order valence-electron chi connectivity index (χ0n) is 8.94. The van der Waals surface area contributed by atoms with E-state index in [0.29, 0.717) is 0 Å². The van der Waals surface area contributed by atoms with Crippen molar-refractivity contribution < 1.29 is 17.4 Å². The minimum absolute atomic E-state index is 0.109. The number of rotatable bonds is 4. The van der Waals surface area contributed by atoms with E-state index in [4.69, 9.17) is 4.18 Å². The molecular formula is C9H17NO4S. The molecule has 1 fully saturated rings. The highest BCUT2D eigenvalue weighted by Gasteiger charge is 2.16. The first kappa shape index (κ1) is 12.6. The average Bonchev–Trinajstić information content (AvgIpc) is 2.53. The van der Waals surface area contributed by atoms with Gasteiger partial charge in [0.2, 0.25) is 5.91 Å². The summed E-state index contributed by atoms with van der Waals surface area (Å²) in [6.07, 6.45) is 4.43. The SMILES string of the molecule is COS(=O)OCC(=O)N1CCCCCC1. The van der Waals surface area contributed by atoms with Crippen molar-refractivity contribution >= 4 is 17.3 Å². The van der Waals surface area contributed by atoms with Gasteiger partial charge in [-0.1, -0.05) is 12.8 Å². The van der Waals surface area contributed by atoms with Crippen LogP contribution in [-0.4, -0.2) is 41.8 Å². The quantitative estimate of drug-likeness (QED) is 0.717. The maximum atomic E-state index is 11.6. The zero-order chi connectivity index (χ0) is 11.1. The molecule has 0 N–H and O–H groups in total. The van der Waals surface area contributed by atoms with Crippen LogP contribution < -0.4 is 0 Å². The van der Waals surface area contributed by atoms with Gasteiger partial charge < -0.3 is 4.90 Å². The standard InChI is InChI=1S/C9H17NO4S/c1-13-15(12)14-8-9(11)10-6-4-2-3-5-7-10/h2-8H2,1H3. The lowest BCUT2D eigenvalue weighted by Crippen LogP contribution is -2.34. The second-order valence-electron chi connectivity index (χ2n) is 3.43. The smallest absolute Gasteiger partial charge is 0.304 e. The highest BCUT2D eigenvalue weighted by atomic mass is 32.2. The van der Waals surface area contributed by atoms with E-state index in [9.17, 15) is 9.00 Å². The van der Waals surface area contributed by atoms with E-state index in [1.807, 2.05) is 0 Å². The van der Waals surface area contributed by atoms with Gasteiger partial charge in [-0.3, -0.25) is 13.2 Å². The molecule has 1 aliphatic heterocycles. The molecule has 1 saturated heterocycles. The summed E-state index contributed by atoms with van der Waals surface area (Å²) in [6, 6.07) is 0. The fourth-order valence-electron chi connectivity index (χ4n) is 1.56. The van der Waals surface area contributed by atoms with E-state index in [0.717, 1.165) is 25.9 Å². The Balaban J connectivity index is 2.28. The highest BCUT2D eigenvalue weighted by Crippen LogP contribution is 2.09. The van der Waals surface area contributed by atoms with Gasteiger partial charge in [-0.15, -0.1) is 0 Å². The van der Waals surface area contributed by atoms with E-state index in [1.54, 1.807) is 4.90 Å². The molecule has 15 heavy (non-hydrogen) atoms. The van der Waals surface area contributed by atoms with Crippen LogP contribution in [0.15, 0.2) is 0 Å². The first-order chi connectivity index (χ1) is 7.24. The number of hydrogen-bond donors (Lipinski definition) is 0. The Morgan fingerprint density at radius 2 is 1.87 bits per heavy atom. The number of carbonyl (C=O) groups excluding carboxylic acids is 1. The molecule has 0 radical (unpaired) electrons. The molecule has 6 heteroatoms. The Bertz CT molecular complexity index is 226. The lowest BCUT2D eigenvalue weighted by atomic mass is 10.2. The maximum Gasteiger partial charge on any atom is 0.304 e. The second-order valence-corrected chi connectivity index (χ2v) is 4.41. The van der Waals surface area contributed by atoms with Crippen molar-refractivity contribution in [1.29, 1.82) is 0 Å². The molecular weight excluding hydrogens is 218 g/mol.